The Hall–Kier alpha value is -0.310. The van der Waals surface area contributed by atoms with Crippen LogP contribution in [0.25, 0.3) is 0 Å². The Morgan fingerprint density at radius 2 is 1.95 bits per heavy atom. The third kappa shape index (κ3) is 3.24. The molecule has 0 N–H and O–H groups in total. The van der Waals surface area contributed by atoms with E-state index in [0.717, 1.165) is 12.8 Å². The molecule has 1 aromatic heterocycles. The number of aryl methyl sites for hydroxylation is 3. The molecule has 0 aliphatic heterocycles. The Bertz CT molecular complexity index is 555. The number of alkyl halides is 1. The molecule has 2 rings (SSSR count). The number of rotatable bonds is 4. The number of hydrogen-bond donors (Lipinski definition) is 0. The average Bonchev–Trinajstić information content (AvgIpc) is 2.77. The predicted molar refractivity (Wildman–Crippen MR) is 89.7 cm³/mol. The zero-order chi connectivity index (χ0) is 14.0. The van der Waals surface area contributed by atoms with Crippen molar-refractivity contribution in [2.45, 2.75) is 39.0 Å². The predicted octanol–water partition coefficient (Wildman–Crippen LogP) is 6.27. The van der Waals surface area contributed by atoms with E-state index >= 15 is 0 Å². The molecule has 1 unspecified atom stereocenters. The lowest BCUT2D eigenvalue weighted by Crippen LogP contribution is -1.98. The molecule has 0 nitrogen and oxygen atoms in total. The minimum atomic E-state index is -0.0450. The fraction of sp³-hybridized carbons (Fsp3) is 0.375. The lowest BCUT2D eigenvalue weighted by atomic mass is 9.97. The number of thiophene rings is 1. The highest BCUT2D eigenvalue weighted by Crippen LogP contribution is 2.39. The highest BCUT2D eigenvalue weighted by Gasteiger charge is 2.17. The molecule has 1 aromatic carbocycles. The summed E-state index contributed by atoms with van der Waals surface area (Å²) < 4.78 is 1.18. The van der Waals surface area contributed by atoms with E-state index in [0.29, 0.717) is 0 Å². The first-order valence-corrected chi connectivity index (χ1v) is 8.63. The topological polar surface area (TPSA) is 0 Å². The minimum Gasteiger partial charge on any atom is -0.131 e. The van der Waals surface area contributed by atoms with E-state index in [2.05, 4.69) is 61.0 Å². The molecule has 0 spiro atoms. The molecule has 0 radical (unpaired) electrons. The van der Waals surface area contributed by atoms with E-state index < -0.39 is 0 Å². The molecule has 3 heteroatoms. The maximum absolute atomic E-state index is 6.72. The van der Waals surface area contributed by atoms with Gasteiger partial charge in [-0.05, 0) is 64.0 Å². The minimum absolute atomic E-state index is 0.0450. The van der Waals surface area contributed by atoms with E-state index in [4.69, 9.17) is 11.6 Å². The summed E-state index contributed by atoms with van der Waals surface area (Å²) in [5, 5.41) is -0.0450. The standard InChI is InChI=1S/C16H18BrClS/c1-4-11-6-7-12(5-2)13(9-11)15(18)14-8-10(3)16(17)19-14/h6-9,15H,4-5H2,1-3H3. The fourth-order valence-electron chi connectivity index (χ4n) is 2.18. The second-order valence-electron chi connectivity index (χ2n) is 4.71. The molecular weight excluding hydrogens is 340 g/mol. The van der Waals surface area contributed by atoms with Crippen molar-refractivity contribution in [1.29, 1.82) is 0 Å². The van der Waals surface area contributed by atoms with Crippen LogP contribution < -0.4 is 0 Å². The first-order chi connectivity index (χ1) is 9.06. The maximum atomic E-state index is 6.72. The van der Waals surface area contributed by atoms with Gasteiger partial charge in [-0.25, -0.2) is 0 Å². The van der Waals surface area contributed by atoms with Crippen molar-refractivity contribution in [1.82, 2.24) is 0 Å². The summed E-state index contributed by atoms with van der Waals surface area (Å²) in [7, 11) is 0. The van der Waals surface area contributed by atoms with Gasteiger partial charge in [-0.2, -0.15) is 0 Å². The number of benzene rings is 1. The van der Waals surface area contributed by atoms with Crippen LogP contribution in [0.15, 0.2) is 28.1 Å². The van der Waals surface area contributed by atoms with Crippen molar-refractivity contribution in [3.05, 3.63) is 55.2 Å². The summed E-state index contributed by atoms with van der Waals surface area (Å²) >= 11 is 12.0. The molecule has 1 heterocycles. The molecular formula is C16H18BrClS. The molecule has 0 aliphatic carbocycles. The Balaban J connectivity index is 2.44. The van der Waals surface area contributed by atoms with Gasteiger partial charge in [0.05, 0.1) is 9.16 Å². The SMILES string of the molecule is CCc1ccc(CC)c(C(Cl)c2cc(C)c(Br)s2)c1. The van der Waals surface area contributed by atoms with Crippen LogP contribution in [0.4, 0.5) is 0 Å². The number of halogens is 2. The van der Waals surface area contributed by atoms with E-state index in [-0.39, 0.29) is 5.38 Å². The molecule has 0 fully saturated rings. The molecule has 0 saturated carbocycles. The fourth-order valence-corrected chi connectivity index (χ4v) is 4.15. The van der Waals surface area contributed by atoms with Gasteiger partial charge >= 0.3 is 0 Å². The lowest BCUT2D eigenvalue weighted by Gasteiger charge is -2.14. The van der Waals surface area contributed by atoms with Gasteiger partial charge in [0.15, 0.2) is 0 Å². The van der Waals surface area contributed by atoms with Gasteiger partial charge in [0.2, 0.25) is 0 Å². The molecule has 19 heavy (non-hydrogen) atoms. The summed E-state index contributed by atoms with van der Waals surface area (Å²) in [6, 6.07) is 8.88. The van der Waals surface area contributed by atoms with E-state index in [1.165, 1.54) is 30.9 Å². The summed E-state index contributed by atoms with van der Waals surface area (Å²) in [4.78, 5) is 1.22. The average molecular weight is 358 g/mol. The van der Waals surface area contributed by atoms with Crippen molar-refractivity contribution in [2.24, 2.45) is 0 Å². The van der Waals surface area contributed by atoms with Crippen LogP contribution in [0.3, 0.4) is 0 Å². The van der Waals surface area contributed by atoms with Gasteiger partial charge < -0.3 is 0 Å². The lowest BCUT2D eigenvalue weighted by molar-refractivity contribution is 1.03. The van der Waals surface area contributed by atoms with Crippen molar-refractivity contribution in [3.63, 3.8) is 0 Å². The first kappa shape index (κ1) is 15.1. The van der Waals surface area contributed by atoms with Crippen molar-refractivity contribution in [2.75, 3.05) is 0 Å². The molecule has 102 valence electrons. The second kappa shape index (κ2) is 6.43. The van der Waals surface area contributed by atoms with Crippen LogP contribution in [0.2, 0.25) is 0 Å². The highest BCUT2D eigenvalue weighted by molar-refractivity contribution is 9.11. The first-order valence-electron chi connectivity index (χ1n) is 6.58. The highest BCUT2D eigenvalue weighted by atomic mass is 79.9. The Labute approximate surface area is 132 Å². The smallest absolute Gasteiger partial charge is 0.0931 e. The zero-order valence-electron chi connectivity index (χ0n) is 11.5. The summed E-state index contributed by atoms with van der Waals surface area (Å²) in [5.41, 5.74) is 5.22. The Morgan fingerprint density at radius 3 is 2.47 bits per heavy atom. The summed E-state index contributed by atoms with van der Waals surface area (Å²) in [6.07, 6.45) is 2.07. The molecule has 0 amide bonds. The Kier molecular flexibility index (Phi) is 5.10. The van der Waals surface area contributed by atoms with Gasteiger partial charge in [-0.1, -0.05) is 32.0 Å². The van der Waals surface area contributed by atoms with Crippen LogP contribution in [-0.4, -0.2) is 0 Å². The van der Waals surface area contributed by atoms with Gasteiger partial charge in [-0.15, -0.1) is 22.9 Å². The largest absolute Gasteiger partial charge is 0.131 e. The molecule has 1 atom stereocenters. The van der Waals surface area contributed by atoms with Crippen LogP contribution in [0, 0.1) is 6.92 Å². The Morgan fingerprint density at radius 1 is 1.21 bits per heavy atom. The van der Waals surface area contributed by atoms with E-state index in [1.54, 1.807) is 11.3 Å². The van der Waals surface area contributed by atoms with Crippen LogP contribution >= 0.6 is 38.9 Å². The van der Waals surface area contributed by atoms with Gasteiger partial charge in [0, 0.05) is 4.88 Å². The van der Waals surface area contributed by atoms with Crippen molar-refractivity contribution < 1.29 is 0 Å². The maximum Gasteiger partial charge on any atom is 0.0931 e. The van der Waals surface area contributed by atoms with Crippen LogP contribution in [0.1, 0.15) is 46.4 Å². The third-order valence-electron chi connectivity index (χ3n) is 3.40. The molecule has 0 aliphatic rings. The van der Waals surface area contributed by atoms with Gasteiger partial charge in [-0.3, -0.25) is 0 Å². The summed E-state index contributed by atoms with van der Waals surface area (Å²) in [6.45, 7) is 6.47. The quantitative estimate of drug-likeness (QED) is 0.565. The summed E-state index contributed by atoms with van der Waals surface area (Å²) in [5.74, 6) is 0. The molecule has 0 saturated heterocycles. The van der Waals surface area contributed by atoms with Crippen LogP contribution in [-0.2, 0) is 12.8 Å². The number of hydrogen-bond acceptors (Lipinski definition) is 1. The third-order valence-corrected chi connectivity index (χ3v) is 6.20. The molecule has 0 bridgehead atoms. The van der Waals surface area contributed by atoms with Gasteiger partial charge in [0.1, 0.15) is 0 Å². The second-order valence-corrected chi connectivity index (χ2v) is 7.55. The van der Waals surface area contributed by atoms with Crippen LogP contribution in [0.5, 0.6) is 0 Å². The van der Waals surface area contributed by atoms with E-state index in [9.17, 15) is 0 Å². The normalized spacial score (nSPS) is 12.7. The van der Waals surface area contributed by atoms with E-state index in [1.807, 2.05) is 0 Å². The monoisotopic (exact) mass is 356 g/mol. The zero-order valence-corrected chi connectivity index (χ0v) is 14.6. The molecule has 2 aromatic rings. The van der Waals surface area contributed by atoms with Crippen molar-refractivity contribution >= 4 is 38.9 Å². The van der Waals surface area contributed by atoms with Gasteiger partial charge in [0.25, 0.3) is 0 Å². The van der Waals surface area contributed by atoms with Crippen molar-refractivity contribution in [3.8, 4) is 0 Å².